The monoisotopic (exact) mass is 324 g/mol. The van der Waals surface area contributed by atoms with Crippen molar-refractivity contribution in [3.05, 3.63) is 69.3 Å². The summed E-state index contributed by atoms with van der Waals surface area (Å²) < 4.78 is 5.16. The molecule has 2 aromatic rings. The minimum absolute atomic E-state index is 0.101. The highest BCUT2D eigenvalue weighted by molar-refractivity contribution is 5.93. The van der Waals surface area contributed by atoms with E-state index in [1.165, 1.54) is 55.7 Å². The van der Waals surface area contributed by atoms with E-state index >= 15 is 0 Å². The molecular weight excluding hydrogens is 312 g/mol. The van der Waals surface area contributed by atoms with Gasteiger partial charge in [-0.15, -0.1) is 0 Å². The third-order valence-corrected chi connectivity index (χ3v) is 3.29. The SMILES string of the molecule is COc1ccc([N+](=O)[O-])cc1/C=C(\C#N)c1ccc(C(=O)O)cc1. The largest absolute Gasteiger partial charge is 0.496 e. The van der Waals surface area contributed by atoms with Crippen molar-refractivity contribution < 1.29 is 19.6 Å². The first kappa shape index (κ1) is 16.7. The molecule has 0 aliphatic heterocycles. The Labute approximate surface area is 137 Å². The summed E-state index contributed by atoms with van der Waals surface area (Å²) in [7, 11) is 1.42. The van der Waals surface area contributed by atoms with Gasteiger partial charge in [-0.2, -0.15) is 5.26 Å². The van der Waals surface area contributed by atoms with Crippen LogP contribution in [0.1, 0.15) is 21.5 Å². The lowest BCUT2D eigenvalue weighted by molar-refractivity contribution is -0.384. The smallest absolute Gasteiger partial charge is 0.335 e. The number of nitro benzene ring substituents is 1. The third-order valence-electron chi connectivity index (χ3n) is 3.29. The number of nitro groups is 1. The second kappa shape index (κ2) is 7.07. The minimum Gasteiger partial charge on any atom is -0.496 e. The van der Waals surface area contributed by atoms with Crippen molar-refractivity contribution in [3.63, 3.8) is 0 Å². The molecule has 2 rings (SSSR count). The molecule has 0 unspecified atom stereocenters. The molecule has 0 radical (unpaired) electrons. The summed E-state index contributed by atoms with van der Waals surface area (Å²) in [6.45, 7) is 0. The summed E-state index contributed by atoms with van der Waals surface area (Å²) in [5, 5.41) is 29.2. The molecule has 0 heterocycles. The Kier molecular flexibility index (Phi) is 4.92. The van der Waals surface area contributed by atoms with Crippen LogP contribution in [0.25, 0.3) is 11.6 Å². The average molecular weight is 324 g/mol. The number of allylic oxidation sites excluding steroid dienone is 1. The van der Waals surface area contributed by atoms with Gasteiger partial charge in [-0.05, 0) is 29.8 Å². The second-order valence-electron chi connectivity index (χ2n) is 4.74. The van der Waals surface area contributed by atoms with Crippen molar-refractivity contribution in [1.82, 2.24) is 0 Å². The van der Waals surface area contributed by atoms with Gasteiger partial charge < -0.3 is 9.84 Å². The minimum atomic E-state index is -1.07. The van der Waals surface area contributed by atoms with Crippen LogP contribution in [0, 0.1) is 21.4 Å². The maximum atomic E-state index is 10.9. The molecule has 7 heteroatoms. The third kappa shape index (κ3) is 3.56. The second-order valence-corrected chi connectivity index (χ2v) is 4.74. The molecule has 0 spiro atoms. The van der Waals surface area contributed by atoms with Crippen LogP contribution < -0.4 is 4.74 Å². The molecule has 24 heavy (non-hydrogen) atoms. The lowest BCUT2D eigenvalue weighted by Gasteiger charge is -2.06. The Hall–Kier alpha value is -3.66. The zero-order chi connectivity index (χ0) is 17.7. The van der Waals surface area contributed by atoms with Gasteiger partial charge in [0.25, 0.3) is 5.69 Å². The first-order chi connectivity index (χ1) is 11.5. The standard InChI is InChI=1S/C17H12N2O5/c1-24-16-7-6-15(19(22)23)9-13(16)8-14(10-18)11-2-4-12(5-3-11)17(20)21/h2-9H,1H3,(H,20,21)/b14-8+. The number of aromatic carboxylic acids is 1. The van der Waals surface area contributed by atoms with Gasteiger partial charge >= 0.3 is 5.97 Å². The average Bonchev–Trinajstić information content (AvgIpc) is 2.59. The maximum Gasteiger partial charge on any atom is 0.335 e. The van der Waals surface area contributed by atoms with E-state index in [0.717, 1.165) is 0 Å². The van der Waals surface area contributed by atoms with Crippen molar-refractivity contribution in [3.8, 4) is 11.8 Å². The Morgan fingerprint density at radius 3 is 2.38 bits per heavy atom. The molecule has 0 fully saturated rings. The number of nitriles is 1. The van der Waals surface area contributed by atoms with Crippen LogP contribution in [0.3, 0.4) is 0 Å². The van der Waals surface area contributed by atoms with E-state index < -0.39 is 10.9 Å². The van der Waals surface area contributed by atoms with Crippen LogP contribution in [-0.4, -0.2) is 23.1 Å². The van der Waals surface area contributed by atoms with Gasteiger partial charge in [0.1, 0.15) is 5.75 Å². The zero-order valence-electron chi connectivity index (χ0n) is 12.6. The molecule has 0 atom stereocenters. The van der Waals surface area contributed by atoms with Crippen molar-refractivity contribution in [2.45, 2.75) is 0 Å². The highest BCUT2D eigenvalue weighted by atomic mass is 16.6. The van der Waals surface area contributed by atoms with Crippen LogP contribution in [-0.2, 0) is 0 Å². The summed E-state index contributed by atoms with van der Waals surface area (Å²) in [6.07, 6.45) is 1.46. The summed E-state index contributed by atoms with van der Waals surface area (Å²) >= 11 is 0. The molecule has 0 saturated heterocycles. The molecule has 0 aliphatic carbocycles. The first-order valence-electron chi connectivity index (χ1n) is 6.74. The Morgan fingerprint density at radius 2 is 1.88 bits per heavy atom. The number of non-ortho nitro benzene ring substituents is 1. The molecular formula is C17H12N2O5. The molecule has 0 saturated carbocycles. The highest BCUT2D eigenvalue weighted by Gasteiger charge is 2.12. The van der Waals surface area contributed by atoms with E-state index in [0.29, 0.717) is 16.9 Å². The van der Waals surface area contributed by atoms with Crippen molar-refractivity contribution >= 4 is 23.3 Å². The topological polar surface area (TPSA) is 113 Å². The first-order valence-corrected chi connectivity index (χ1v) is 6.74. The van der Waals surface area contributed by atoms with E-state index in [1.807, 2.05) is 6.07 Å². The lowest BCUT2D eigenvalue weighted by Crippen LogP contribution is -1.96. The molecule has 120 valence electrons. The number of hydrogen-bond acceptors (Lipinski definition) is 5. The van der Waals surface area contributed by atoms with E-state index in [-0.39, 0.29) is 16.8 Å². The maximum absolute atomic E-state index is 10.9. The summed E-state index contributed by atoms with van der Waals surface area (Å²) in [6, 6.07) is 11.8. The van der Waals surface area contributed by atoms with E-state index in [1.54, 1.807) is 0 Å². The number of carbonyl (C=O) groups is 1. The fraction of sp³-hybridized carbons (Fsp3) is 0.0588. The van der Waals surface area contributed by atoms with Crippen molar-refractivity contribution in [2.24, 2.45) is 0 Å². The van der Waals surface area contributed by atoms with Gasteiger partial charge in [-0.3, -0.25) is 10.1 Å². The predicted molar refractivity (Wildman–Crippen MR) is 86.5 cm³/mol. The molecule has 1 N–H and O–H groups in total. The molecule has 2 aromatic carbocycles. The molecule has 0 aromatic heterocycles. The number of hydrogen-bond donors (Lipinski definition) is 1. The van der Waals surface area contributed by atoms with Gasteiger partial charge in [0.05, 0.1) is 29.2 Å². The number of rotatable bonds is 5. The summed E-state index contributed by atoms with van der Waals surface area (Å²) in [5.74, 6) is -0.681. The zero-order valence-corrected chi connectivity index (χ0v) is 12.6. The summed E-state index contributed by atoms with van der Waals surface area (Å²) in [5.41, 5.74) is 1.08. The van der Waals surface area contributed by atoms with Crippen LogP contribution in [0.5, 0.6) is 5.75 Å². The van der Waals surface area contributed by atoms with E-state index in [2.05, 4.69) is 0 Å². The number of carboxylic acid groups (broad SMARTS) is 1. The number of benzene rings is 2. The Morgan fingerprint density at radius 1 is 1.25 bits per heavy atom. The van der Waals surface area contributed by atoms with E-state index in [4.69, 9.17) is 9.84 Å². The number of carboxylic acids is 1. The molecule has 0 aliphatic rings. The highest BCUT2D eigenvalue weighted by Crippen LogP contribution is 2.28. The number of ether oxygens (including phenoxy) is 1. The van der Waals surface area contributed by atoms with Crippen molar-refractivity contribution in [2.75, 3.05) is 7.11 Å². The van der Waals surface area contributed by atoms with Crippen LogP contribution in [0.15, 0.2) is 42.5 Å². The Balaban J connectivity index is 2.50. The fourth-order valence-corrected chi connectivity index (χ4v) is 2.08. The van der Waals surface area contributed by atoms with Crippen LogP contribution in [0.4, 0.5) is 5.69 Å². The van der Waals surface area contributed by atoms with Gasteiger partial charge in [0.2, 0.25) is 0 Å². The Bertz CT molecular complexity index is 864. The van der Waals surface area contributed by atoms with Gasteiger partial charge in [0, 0.05) is 17.7 Å². The van der Waals surface area contributed by atoms with Crippen molar-refractivity contribution in [1.29, 1.82) is 5.26 Å². The number of methoxy groups -OCH3 is 1. The van der Waals surface area contributed by atoms with Crippen LogP contribution >= 0.6 is 0 Å². The quantitative estimate of drug-likeness (QED) is 0.390. The normalized spacial score (nSPS) is 10.8. The lowest BCUT2D eigenvalue weighted by atomic mass is 10.0. The van der Waals surface area contributed by atoms with Gasteiger partial charge in [-0.1, -0.05) is 12.1 Å². The van der Waals surface area contributed by atoms with Gasteiger partial charge in [0.15, 0.2) is 0 Å². The molecule has 7 nitrogen and oxygen atoms in total. The molecule has 0 amide bonds. The van der Waals surface area contributed by atoms with E-state index in [9.17, 15) is 20.2 Å². The van der Waals surface area contributed by atoms with Gasteiger partial charge in [-0.25, -0.2) is 4.79 Å². The predicted octanol–water partition coefficient (Wildman–Crippen LogP) is 3.37. The van der Waals surface area contributed by atoms with Crippen LogP contribution in [0.2, 0.25) is 0 Å². The summed E-state index contributed by atoms with van der Waals surface area (Å²) in [4.78, 5) is 21.2. The fourth-order valence-electron chi connectivity index (χ4n) is 2.08. The molecule has 0 bridgehead atoms. The number of nitrogens with zero attached hydrogens (tertiary/aromatic N) is 2.